The number of hydrogen-bond acceptors (Lipinski definition) is 5. The maximum atomic E-state index is 12.9. The van der Waals surface area contributed by atoms with E-state index in [0.717, 1.165) is 23.1 Å². The summed E-state index contributed by atoms with van der Waals surface area (Å²) < 4.78 is 0. The molecule has 0 bridgehead atoms. The number of nitrogens with zero attached hydrogens (tertiary/aromatic N) is 1. The maximum Gasteiger partial charge on any atom is 0.198 e. The van der Waals surface area contributed by atoms with E-state index in [2.05, 4.69) is 15.6 Å². The van der Waals surface area contributed by atoms with Crippen molar-refractivity contribution in [3.8, 4) is 16.9 Å². The fourth-order valence-corrected chi connectivity index (χ4v) is 3.22. The Morgan fingerprint density at radius 2 is 1.73 bits per heavy atom. The predicted molar refractivity (Wildman–Crippen MR) is 109 cm³/mol. The Labute approximate surface area is 163 Å². The van der Waals surface area contributed by atoms with Crippen LogP contribution in [0.4, 0.5) is 5.82 Å². The number of nitrogens with one attached hydrogen (secondary N) is 2. The Kier molecular flexibility index (Phi) is 6.08. The van der Waals surface area contributed by atoms with Crippen LogP contribution in [0.25, 0.3) is 22.0 Å². The number of phenols is 1. The van der Waals surface area contributed by atoms with Crippen molar-refractivity contribution in [2.24, 2.45) is 0 Å². The molecule has 1 heterocycles. The molecule has 4 rings (SSSR count). The van der Waals surface area contributed by atoms with E-state index in [9.17, 15) is 9.90 Å². The number of rotatable bonds is 4. The zero-order valence-electron chi connectivity index (χ0n) is 14.1. The fourth-order valence-electron chi connectivity index (χ4n) is 3.22. The van der Waals surface area contributed by atoms with Gasteiger partial charge < -0.3 is 15.7 Å². The van der Waals surface area contributed by atoms with Crippen molar-refractivity contribution >= 4 is 47.3 Å². The van der Waals surface area contributed by atoms with E-state index in [1.807, 2.05) is 37.4 Å². The van der Waals surface area contributed by atoms with E-state index in [0.29, 0.717) is 29.0 Å². The molecule has 136 valence electrons. The van der Waals surface area contributed by atoms with Crippen LogP contribution in [0.2, 0.25) is 0 Å². The highest BCUT2D eigenvalue weighted by Crippen LogP contribution is 2.44. The fraction of sp³-hybridized carbons (Fsp3) is 0.158. The minimum atomic E-state index is -0.00460. The van der Waals surface area contributed by atoms with Gasteiger partial charge in [0.25, 0.3) is 0 Å². The Hall–Kier alpha value is -2.34. The molecule has 0 unspecified atom stereocenters. The lowest BCUT2D eigenvalue weighted by Gasteiger charge is -2.13. The summed E-state index contributed by atoms with van der Waals surface area (Å²) in [6, 6.07) is 12.7. The van der Waals surface area contributed by atoms with Crippen molar-refractivity contribution in [3.63, 3.8) is 0 Å². The average molecular weight is 392 g/mol. The monoisotopic (exact) mass is 391 g/mol. The van der Waals surface area contributed by atoms with Crippen molar-refractivity contribution in [2.75, 3.05) is 25.5 Å². The molecule has 26 heavy (non-hydrogen) atoms. The maximum absolute atomic E-state index is 12.9. The number of benzene rings is 2. The number of hydrogen-bond donors (Lipinski definition) is 3. The Balaban J connectivity index is 0.00000121. The van der Waals surface area contributed by atoms with E-state index in [4.69, 9.17) is 0 Å². The molecule has 2 aromatic carbocycles. The Bertz CT molecular complexity index is 976. The molecule has 0 fully saturated rings. The molecular formula is C19H19Cl2N3O2. The van der Waals surface area contributed by atoms with Crippen LogP contribution in [-0.4, -0.2) is 36.0 Å². The highest BCUT2D eigenvalue weighted by atomic mass is 35.5. The molecule has 0 spiro atoms. The summed E-state index contributed by atoms with van der Waals surface area (Å²) in [5.41, 5.74) is 3.81. The second-order valence-corrected chi connectivity index (χ2v) is 5.82. The van der Waals surface area contributed by atoms with E-state index in [1.165, 1.54) is 0 Å². The second kappa shape index (κ2) is 7.91. The number of carbonyl (C=O) groups is 1. The van der Waals surface area contributed by atoms with Crippen molar-refractivity contribution in [1.82, 2.24) is 10.3 Å². The van der Waals surface area contributed by atoms with E-state index < -0.39 is 0 Å². The van der Waals surface area contributed by atoms with Crippen molar-refractivity contribution in [1.29, 1.82) is 0 Å². The van der Waals surface area contributed by atoms with Gasteiger partial charge in [-0.3, -0.25) is 4.79 Å². The minimum absolute atomic E-state index is 0. The summed E-state index contributed by atoms with van der Waals surface area (Å²) in [7, 11) is 1.87. The number of aromatic nitrogens is 1. The molecule has 7 heteroatoms. The molecule has 3 N–H and O–H groups in total. The summed E-state index contributed by atoms with van der Waals surface area (Å²) >= 11 is 0. The van der Waals surface area contributed by atoms with Gasteiger partial charge in [0.15, 0.2) is 5.78 Å². The average Bonchev–Trinajstić information content (AvgIpc) is 2.89. The van der Waals surface area contributed by atoms with Crippen LogP contribution in [0.5, 0.6) is 5.75 Å². The lowest BCUT2D eigenvalue weighted by atomic mass is 10.0. The van der Waals surface area contributed by atoms with Gasteiger partial charge in [-0.2, -0.15) is 0 Å². The van der Waals surface area contributed by atoms with Gasteiger partial charge in [0.2, 0.25) is 0 Å². The zero-order chi connectivity index (χ0) is 16.7. The standard InChI is InChI=1S/C19H17N3O2.2ClH/c1-20-8-9-21-19-17-16(12-4-2-3-5-13(12)18(17)24)14-7-6-11(23)10-15(14)22-19;;/h2-7,10,20,23H,8-9H2,1H3,(H,21,22);2*1H. The molecule has 3 aromatic rings. The third kappa shape index (κ3) is 3.09. The molecule has 0 atom stereocenters. The summed E-state index contributed by atoms with van der Waals surface area (Å²) in [6.07, 6.45) is 0. The number of ketones is 1. The zero-order valence-corrected chi connectivity index (χ0v) is 15.7. The Morgan fingerprint density at radius 1 is 1.00 bits per heavy atom. The molecule has 0 radical (unpaired) electrons. The first-order chi connectivity index (χ1) is 11.7. The van der Waals surface area contributed by atoms with Gasteiger partial charge in [-0.1, -0.05) is 24.3 Å². The number of phenolic OH excluding ortho intramolecular Hbond substituents is 1. The van der Waals surface area contributed by atoms with Crippen molar-refractivity contribution < 1.29 is 9.90 Å². The van der Waals surface area contributed by atoms with Gasteiger partial charge in [0, 0.05) is 35.7 Å². The highest BCUT2D eigenvalue weighted by Gasteiger charge is 2.31. The number of aromatic hydroxyl groups is 1. The van der Waals surface area contributed by atoms with Gasteiger partial charge in [-0.05, 0) is 24.7 Å². The summed E-state index contributed by atoms with van der Waals surface area (Å²) in [5, 5.41) is 17.0. The van der Waals surface area contributed by atoms with Crippen LogP contribution < -0.4 is 10.6 Å². The number of halogens is 2. The van der Waals surface area contributed by atoms with Crippen LogP contribution >= 0.6 is 24.8 Å². The van der Waals surface area contributed by atoms with Crippen LogP contribution in [0, 0.1) is 0 Å². The molecule has 5 nitrogen and oxygen atoms in total. The lowest BCUT2D eigenvalue weighted by molar-refractivity contribution is 0.104. The number of carbonyl (C=O) groups excluding carboxylic acids is 1. The SMILES string of the molecule is CNCCNc1nc2cc(O)ccc2c2c1C(=O)c1ccccc1-2.Cl.Cl. The topological polar surface area (TPSA) is 74.2 Å². The van der Waals surface area contributed by atoms with Gasteiger partial charge in [-0.15, -0.1) is 24.8 Å². The van der Waals surface area contributed by atoms with E-state index >= 15 is 0 Å². The second-order valence-electron chi connectivity index (χ2n) is 5.82. The summed E-state index contributed by atoms with van der Waals surface area (Å²) in [5.74, 6) is 0.725. The van der Waals surface area contributed by atoms with Crippen molar-refractivity contribution in [3.05, 3.63) is 53.6 Å². The lowest BCUT2D eigenvalue weighted by Crippen LogP contribution is -2.19. The van der Waals surface area contributed by atoms with Gasteiger partial charge in [0.05, 0.1) is 11.1 Å². The van der Waals surface area contributed by atoms with Crippen molar-refractivity contribution in [2.45, 2.75) is 0 Å². The third-order valence-electron chi connectivity index (χ3n) is 4.31. The first kappa shape index (κ1) is 20.0. The van der Waals surface area contributed by atoms with Gasteiger partial charge in [-0.25, -0.2) is 4.98 Å². The number of anilines is 1. The summed E-state index contributed by atoms with van der Waals surface area (Å²) in [4.78, 5) is 17.5. The van der Waals surface area contributed by atoms with Gasteiger partial charge in [0.1, 0.15) is 11.6 Å². The quantitative estimate of drug-likeness (QED) is 0.463. The molecule has 0 amide bonds. The van der Waals surface area contributed by atoms with Crippen LogP contribution in [0.15, 0.2) is 42.5 Å². The number of likely N-dealkylation sites (N-methyl/N-ethyl adjacent to an activating group) is 1. The molecular weight excluding hydrogens is 373 g/mol. The van der Waals surface area contributed by atoms with E-state index in [1.54, 1.807) is 12.1 Å². The smallest absolute Gasteiger partial charge is 0.198 e. The molecule has 1 aliphatic rings. The van der Waals surface area contributed by atoms with E-state index in [-0.39, 0.29) is 36.3 Å². The largest absolute Gasteiger partial charge is 0.508 e. The van der Waals surface area contributed by atoms with Gasteiger partial charge >= 0.3 is 0 Å². The molecule has 1 aromatic heterocycles. The molecule has 1 aliphatic carbocycles. The predicted octanol–water partition coefficient (Wildman–Crippen LogP) is 3.63. The number of pyridine rings is 1. The molecule has 0 saturated heterocycles. The Morgan fingerprint density at radius 3 is 2.46 bits per heavy atom. The minimum Gasteiger partial charge on any atom is -0.508 e. The molecule has 0 aliphatic heterocycles. The number of fused-ring (bicyclic) bond motifs is 5. The first-order valence-electron chi connectivity index (χ1n) is 7.90. The molecule has 0 saturated carbocycles. The summed E-state index contributed by atoms with van der Waals surface area (Å²) in [6.45, 7) is 1.42. The first-order valence-corrected chi connectivity index (χ1v) is 7.90. The van der Waals surface area contributed by atoms with Crippen LogP contribution in [0.3, 0.4) is 0 Å². The van der Waals surface area contributed by atoms with Crippen LogP contribution in [0.1, 0.15) is 15.9 Å². The van der Waals surface area contributed by atoms with Crippen LogP contribution in [-0.2, 0) is 0 Å². The highest BCUT2D eigenvalue weighted by molar-refractivity contribution is 6.28. The normalized spacial score (nSPS) is 11.3. The third-order valence-corrected chi connectivity index (χ3v) is 4.31.